The van der Waals surface area contributed by atoms with Crippen molar-refractivity contribution in [1.29, 1.82) is 0 Å². The van der Waals surface area contributed by atoms with Gasteiger partial charge in [-0.2, -0.15) is 0 Å². The molecule has 3 rings (SSSR count). The summed E-state index contributed by atoms with van der Waals surface area (Å²) in [6, 6.07) is 2.34. The van der Waals surface area contributed by atoms with Gasteiger partial charge in [0.1, 0.15) is 17.5 Å². The highest BCUT2D eigenvalue weighted by Gasteiger charge is 2.26. The standard InChI is InChI=1S/C14H19N4O2/c1-20-18(19)12-9-16-14-11(7-8-15-14)13(12)17-10-5-3-2-4-6-10/h7-10H,2-6H2,1H3,(H2,15,16,17)/q+1. The predicted octanol–water partition coefficient (Wildman–Crippen LogP) is 3.28. The molecule has 1 saturated carbocycles. The van der Waals surface area contributed by atoms with Crippen LogP contribution in [0.1, 0.15) is 32.1 Å². The van der Waals surface area contributed by atoms with Gasteiger partial charge in [0.2, 0.25) is 0 Å². The van der Waals surface area contributed by atoms with Crippen LogP contribution in [0.4, 0.5) is 11.4 Å². The van der Waals surface area contributed by atoms with Crippen molar-refractivity contribution in [2.45, 2.75) is 38.1 Å². The second kappa shape index (κ2) is 5.48. The first kappa shape index (κ1) is 12.9. The molecule has 1 fully saturated rings. The molecule has 0 aromatic carbocycles. The quantitative estimate of drug-likeness (QED) is 0.840. The van der Waals surface area contributed by atoms with Crippen LogP contribution in [-0.4, -0.2) is 28.0 Å². The molecule has 6 nitrogen and oxygen atoms in total. The van der Waals surface area contributed by atoms with Crippen LogP contribution in [0.5, 0.6) is 0 Å². The predicted molar refractivity (Wildman–Crippen MR) is 76.9 cm³/mol. The lowest BCUT2D eigenvalue weighted by Gasteiger charge is -2.23. The smallest absolute Gasteiger partial charge is 0.358 e. The lowest BCUT2D eigenvalue weighted by molar-refractivity contribution is -0.736. The van der Waals surface area contributed by atoms with E-state index in [1.165, 1.54) is 26.4 Å². The van der Waals surface area contributed by atoms with E-state index in [1.54, 1.807) is 6.20 Å². The molecule has 0 atom stereocenters. The first-order chi connectivity index (χ1) is 9.79. The zero-order valence-electron chi connectivity index (χ0n) is 11.6. The first-order valence-corrected chi connectivity index (χ1v) is 7.03. The SMILES string of the molecule is CO[N+](=O)c1cnc2[nH]ccc2c1NC1CCCCC1. The van der Waals surface area contributed by atoms with Gasteiger partial charge < -0.3 is 10.3 Å². The Morgan fingerprint density at radius 1 is 1.40 bits per heavy atom. The summed E-state index contributed by atoms with van der Waals surface area (Å²) in [5, 5.41) is 4.43. The van der Waals surface area contributed by atoms with Crippen LogP contribution < -0.4 is 5.32 Å². The Morgan fingerprint density at radius 2 is 2.20 bits per heavy atom. The maximum atomic E-state index is 11.8. The number of fused-ring (bicyclic) bond motifs is 1. The third-order valence-corrected chi connectivity index (χ3v) is 3.88. The van der Waals surface area contributed by atoms with Gasteiger partial charge in [-0.3, -0.25) is 0 Å². The van der Waals surface area contributed by atoms with Crippen LogP contribution in [-0.2, 0) is 4.84 Å². The minimum absolute atomic E-state index is 0.410. The molecule has 2 aromatic rings. The molecule has 2 N–H and O–H groups in total. The number of hydrogen-bond acceptors (Lipinski definition) is 4. The molecule has 0 amide bonds. The van der Waals surface area contributed by atoms with E-state index in [0.29, 0.717) is 16.7 Å². The lowest BCUT2D eigenvalue weighted by Crippen LogP contribution is -2.23. The van der Waals surface area contributed by atoms with Crippen molar-refractivity contribution in [3.8, 4) is 0 Å². The van der Waals surface area contributed by atoms with Gasteiger partial charge in [0.05, 0.1) is 4.91 Å². The third kappa shape index (κ3) is 2.33. The number of nitrogens with one attached hydrogen (secondary N) is 2. The maximum Gasteiger partial charge on any atom is 0.358 e. The molecule has 20 heavy (non-hydrogen) atoms. The van der Waals surface area contributed by atoms with E-state index in [4.69, 9.17) is 4.84 Å². The fraction of sp³-hybridized carbons (Fsp3) is 0.500. The molecular formula is C14H19N4O2+. The normalized spacial score (nSPS) is 16.2. The molecule has 0 radical (unpaired) electrons. The summed E-state index contributed by atoms with van der Waals surface area (Å²) in [5.41, 5.74) is 2.00. The Hall–Kier alpha value is -2.11. The number of nitrogens with zero attached hydrogens (tertiary/aromatic N) is 2. The largest absolute Gasteiger partial charge is 0.376 e. The zero-order valence-corrected chi connectivity index (χ0v) is 11.6. The van der Waals surface area contributed by atoms with Crippen molar-refractivity contribution < 1.29 is 9.76 Å². The van der Waals surface area contributed by atoms with E-state index in [2.05, 4.69) is 15.3 Å². The molecule has 0 bridgehead atoms. The number of aromatic amines is 1. The summed E-state index contributed by atoms with van der Waals surface area (Å²) < 4.78 is 0. The summed E-state index contributed by atoms with van der Waals surface area (Å²) >= 11 is 0. The van der Waals surface area contributed by atoms with Crippen LogP contribution >= 0.6 is 0 Å². The van der Waals surface area contributed by atoms with Crippen molar-refractivity contribution in [3.05, 3.63) is 23.4 Å². The van der Waals surface area contributed by atoms with E-state index in [1.807, 2.05) is 12.3 Å². The Labute approximate surface area is 117 Å². The Bertz CT molecular complexity index is 617. The molecule has 2 aromatic heterocycles. The fourth-order valence-corrected chi connectivity index (χ4v) is 2.84. The van der Waals surface area contributed by atoms with Gasteiger partial charge in [-0.05, 0) is 18.9 Å². The van der Waals surface area contributed by atoms with E-state index >= 15 is 0 Å². The van der Waals surface area contributed by atoms with E-state index in [9.17, 15) is 4.91 Å². The number of H-pyrrole nitrogens is 1. The van der Waals surface area contributed by atoms with Crippen molar-refractivity contribution in [2.24, 2.45) is 0 Å². The minimum Gasteiger partial charge on any atom is -0.376 e. The van der Waals surface area contributed by atoms with Crippen molar-refractivity contribution >= 4 is 22.4 Å². The van der Waals surface area contributed by atoms with Gasteiger partial charge >= 0.3 is 5.69 Å². The van der Waals surface area contributed by atoms with E-state index in [0.717, 1.165) is 29.6 Å². The van der Waals surface area contributed by atoms with Gasteiger partial charge in [0, 0.05) is 17.6 Å². The van der Waals surface area contributed by atoms with Gasteiger partial charge in [-0.15, -0.1) is 0 Å². The van der Waals surface area contributed by atoms with E-state index < -0.39 is 0 Å². The minimum atomic E-state index is 0.410. The maximum absolute atomic E-state index is 11.8. The van der Waals surface area contributed by atoms with Crippen molar-refractivity contribution in [3.63, 3.8) is 0 Å². The monoisotopic (exact) mass is 275 g/mol. The summed E-state index contributed by atoms with van der Waals surface area (Å²) in [6.45, 7) is 0. The number of aromatic nitrogens is 2. The topological polar surface area (TPSA) is 70.0 Å². The van der Waals surface area contributed by atoms with Crippen LogP contribution in [0.15, 0.2) is 18.5 Å². The number of hydrogen-bond donors (Lipinski definition) is 2. The van der Waals surface area contributed by atoms with Crippen LogP contribution in [0, 0.1) is 4.91 Å². The highest BCUT2D eigenvalue weighted by atomic mass is 16.8. The Morgan fingerprint density at radius 3 is 2.95 bits per heavy atom. The number of pyridine rings is 1. The van der Waals surface area contributed by atoms with Crippen molar-refractivity contribution in [1.82, 2.24) is 9.97 Å². The Balaban J connectivity index is 2.00. The molecule has 1 aliphatic carbocycles. The zero-order chi connectivity index (χ0) is 13.9. The first-order valence-electron chi connectivity index (χ1n) is 7.03. The number of anilines is 1. The van der Waals surface area contributed by atoms with Crippen LogP contribution in [0.25, 0.3) is 11.0 Å². The molecule has 0 spiro atoms. The molecule has 1 aliphatic rings. The summed E-state index contributed by atoms with van der Waals surface area (Å²) in [6.07, 6.45) is 9.42. The van der Waals surface area contributed by atoms with Gasteiger partial charge in [-0.1, -0.05) is 19.3 Å². The lowest BCUT2D eigenvalue weighted by atomic mass is 9.95. The third-order valence-electron chi connectivity index (χ3n) is 3.88. The van der Waals surface area contributed by atoms with Gasteiger partial charge in [0.15, 0.2) is 7.11 Å². The second-order valence-electron chi connectivity index (χ2n) is 5.18. The second-order valence-corrected chi connectivity index (χ2v) is 5.18. The summed E-state index contributed by atoms with van der Waals surface area (Å²) in [7, 11) is 1.36. The van der Waals surface area contributed by atoms with Crippen LogP contribution in [0.2, 0.25) is 0 Å². The molecule has 6 heteroatoms. The van der Waals surface area contributed by atoms with Gasteiger partial charge in [0.25, 0.3) is 4.92 Å². The number of rotatable bonds is 4. The molecule has 106 valence electrons. The molecule has 2 heterocycles. The average Bonchev–Trinajstić information content (AvgIpc) is 2.97. The van der Waals surface area contributed by atoms with Crippen LogP contribution in [0.3, 0.4) is 0 Å². The molecule has 0 saturated heterocycles. The Kier molecular flexibility index (Phi) is 3.54. The molecular weight excluding hydrogens is 256 g/mol. The van der Waals surface area contributed by atoms with Crippen molar-refractivity contribution in [2.75, 3.05) is 12.4 Å². The summed E-state index contributed by atoms with van der Waals surface area (Å²) in [5.74, 6) is 0. The highest BCUT2D eigenvalue weighted by Crippen LogP contribution is 2.33. The molecule has 0 unspecified atom stereocenters. The average molecular weight is 275 g/mol. The van der Waals surface area contributed by atoms with E-state index in [-0.39, 0.29) is 0 Å². The summed E-state index contributed by atoms with van der Waals surface area (Å²) in [4.78, 5) is 24.4. The molecule has 0 aliphatic heterocycles. The van der Waals surface area contributed by atoms with Gasteiger partial charge in [-0.25, -0.2) is 9.82 Å². The fourth-order valence-electron chi connectivity index (χ4n) is 2.84. The highest BCUT2D eigenvalue weighted by molar-refractivity contribution is 5.94.